The van der Waals surface area contributed by atoms with Gasteiger partial charge < -0.3 is 9.53 Å². The number of phenolic OH excluding ortho intramolecular Hbond substituents is 1. The fourth-order valence-electron chi connectivity index (χ4n) is 0.618. The summed E-state index contributed by atoms with van der Waals surface area (Å²) in [5, 5.41) is 9.13. The third-order valence-electron chi connectivity index (χ3n) is 1.32. The molecule has 18 heavy (non-hydrogen) atoms. The van der Waals surface area contributed by atoms with Crippen molar-refractivity contribution >= 4 is 95.5 Å². The maximum absolute atomic E-state index is 9.13. The summed E-state index contributed by atoms with van der Waals surface area (Å²) in [6.07, 6.45) is 1.07. The molecule has 2 nitrogen and oxygen atoms in total. The molecule has 1 aromatic carbocycles. The molecule has 1 N–H and O–H groups in total. The lowest BCUT2D eigenvalue weighted by Gasteiger charge is -2.00. The summed E-state index contributed by atoms with van der Waals surface area (Å²) in [5.74, 6) is 0.232. The molecule has 1 rings (SSSR count). The number of rotatable bonds is 2. The molecule has 0 spiro atoms. The molecule has 0 saturated carbocycles. The SMILES string of the molecule is CCCO[Si].Cl.Cl.Cl.Oc1ccc(Br)c(Br)c1Br. The molecular formula is C9H13Br3Cl3O2Si. The number of hydrogen-bond acceptors (Lipinski definition) is 2. The van der Waals surface area contributed by atoms with Gasteiger partial charge in [-0.15, -0.1) is 37.2 Å². The van der Waals surface area contributed by atoms with Crippen LogP contribution in [0.25, 0.3) is 0 Å². The highest BCUT2D eigenvalue weighted by Gasteiger charge is 2.04. The molecule has 0 aliphatic carbocycles. The Morgan fingerprint density at radius 2 is 1.61 bits per heavy atom. The summed E-state index contributed by atoms with van der Waals surface area (Å²) in [6.45, 7) is 2.86. The van der Waals surface area contributed by atoms with Gasteiger partial charge in [0.05, 0.1) is 4.47 Å². The third kappa shape index (κ3) is 11.3. The summed E-state index contributed by atoms with van der Waals surface area (Å²) in [4.78, 5) is 0. The van der Waals surface area contributed by atoms with E-state index in [9.17, 15) is 0 Å². The quantitative estimate of drug-likeness (QED) is 0.410. The zero-order valence-electron chi connectivity index (χ0n) is 9.28. The smallest absolute Gasteiger partial charge is 0.246 e. The van der Waals surface area contributed by atoms with E-state index in [1.165, 1.54) is 0 Å². The first-order valence-electron chi connectivity index (χ1n) is 4.15. The molecule has 107 valence electrons. The second-order valence-electron chi connectivity index (χ2n) is 2.54. The van der Waals surface area contributed by atoms with Crippen LogP contribution in [-0.2, 0) is 4.43 Å². The lowest BCUT2D eigenvalue weighted by molar-refractivity contribution is 0.349. The van der Waals surface area contributed by atoms with Gasteiger partial charge in [0, 0.05) is 15.6 Å². The molecule has 0 fully saturated rings. The monoisotopic (exact) mass is 523 g/mol. The van der Waals surface area contributed by atoms with Crippen LogP contribution in [0.5, 0.6) is 5.75 Å². The lowest BCUT2D eigenvalue weighted by atomic mass is 10.3. The van der Waals surface area contributed by atoms with Gasteiger partial charge in [-0.3, -0.25) is 0 Å². The Kier molecular flexibility index (Phi) is 25.6. The molecule has 1 aromatic rings. The fourth-order valence-corrected chi connectivity index (χ4v) is 2.10. The van der Waals surface area contributed by atoms with Gasteiger partial charge in [0.1, 0.15) is 5.75 Å². The molecule has 0 aliphatic heterocycles. The van der Waals surface area contributed by atoms with Crippen molar-refractivity contribution in [3.05, 3.63) is 25.6 Å². The highest BCUT2D eigenvalue weighted by atomic mass is 79.9. The molecule has 0 atom stereocenters. The van der Waals surface area contributed by atoms with Gasteiger partial charge in [-0.1, -0.05) is 6.92 Å². The first kappa shape index (κ1) is 27.8. The predicted octanol–water partition coefficient (Wildman–Crippen LogP) is 5.44. The van der Waals surface area contributed by atoms with Gasteiger partial charge in [0.15, 0.2) is 0 Å². The molecule has 0 aromatic heterocycles. The Hall–Kier alpha value is 1.51. The van der Waals surface area contributed by atoms with Crippen LogP contribution in [0.2, 0.25) is 0 Å². The Morgan fingerprint density at radius 3 is 1.89 bits per heavy atom. The van der Waals surface area contributed by atoms with Crippen LogP contribution in [0.15, 0.2) is 25.6 Å². The molecule has 0 amide bonds. The van der Waals surface area contributed by atoms with Crippen LogP contribution in [0.4, 0.5) is 0 Å². The van der Waals surface area contributed by atoms with Crippen molar-refractivity contribution in [3.8, 4) is 5.75 Å². The lowest BCUT2D eigenvalue weighted by Crippen LogP contribution is -1.83. The molecule has 0 heterocycles. The van der Waals surface area contributed by atoms with Crippen LogP contribution < -0.4 is 0 Å². The van der Waals surface area contributed by atoms with Gasteiger partial charge in [-0.25, -0.2) is 0 Å². The van der Waals surface area contributed by atoms with Crippen LogP contribution in [0.3, 0.4) is 0 Å². The van der Waals surface area contributed by atoms with E-state index in [4.69, 9.17) is 5.11 Å². The van der Waals surface area contributed by atoms with Crippen molar-refractivity contribution in [2.45, 2.75) is 13.3 Å². The average Bonchev–Trinajstić information content (AvgIpc) is 2.23. The second kappa shape index (κ2) is 16.6. The zero-order chi connectivity index (χ0) is 11.8. The molecule has 3 radical (unpaired) electrons. The molecule has 0 unspecified atom stereocenters. The number of halogens is 6. The molecule has 0 aliphatic rings. The normalized spacial score (nSPS) is 7.83. The van der Waals surface area contributed by atoms with E-state index in [1.807, 2.05) is 0 Å². The van der Waals surface area contributed by atoms with Crippen molar-refractivity contribution < 1.29 is 9.53 Å². The van der Waals surface area contributed by atoms with Gasteiger partial charge >= 0.3 is 0 Å². The van der Waals surface area contributed by atoms with Gasteiger partial charge in [0.2, 0.25) is 10.5 Å². The van der Waals surface area contributed by atoms with E-state index < -0.39 is 0 Å². The number of phenols is 1. The van der Waals surface area contributed by atoms with Crippen molar-refractivity contribution in [3.63, 3.8) is 0 Å². The first-order valence-corrected chi connectivity index (χ1v) is 6.94. The van der Waals surface area contributed by atoms with E-state index in [1.54, 1.807) is 12.1 Å². The molecular weight excluding hydrogens is 514 g/mol. The van der Waals surface area contributed by atoms with Crippen LogP contribution in [0.1, 0.15) is 13.3 Å². The van der Waals surface area contributed by atoms with Crippen molar-refractivity contribution in [2.24, 2.45) is 0 Å². The summed E-state index contributed by atoms with van der Waals surface area (Å²) in [7, 11) is 2.85. The van der Waals surface area contributed by atoms with E-state index >= 15 is 0 Å². The summed E-state index contributed by atoms with van der Waals surface area (Å²) < 4.78 is 6.91. The van der Waals surface area contributed by atoms with Crippen molar-refractivity contribution in [1.29, 1.82) is 0 Å². The largest absolute Gasteiger partial charge is 0.507 e. The van der Waals surface area contributed by atoms with Crippen molar-refractivity contribution in [1.82, 2.24) is 0 Å². The highest BCUT2D eigenvalue weighted by Crippen LogP contribution is 2.36. The number of benzene rings is 1. The Morgan fingerprint density at radius 1 is 1.11 bits per heavy atom. The summed E-state index contributed by atoms with van der Waals surface area (Å²) in [6, 6.07) is 3.38. The van der Waals surface area contributed by atoms with E-state index in [0.29, 0.717) is 4.47 Å². The van der Waals surface area contributed by atoms with Gasteiger partial charge in [-0.05, 0) is 66.3 Å². The van der Waals surface area contributed by atoms with Crippen molar-refractivity contribution in [2.75, 3.05) is 6.61 Å². The van der Waals surface area contributed by atoms with Gasteiger partial charge in [0.25, 0.3) is 0 Å². The fraction of sp³-hybridized carbons (Fsp3) is 0.333. The maximum Gasteiger partial charge on any atom is 0.246 e. The zero-order valence-corrected chi connectivity index (χ0v) is 17.5. The second-order valence-corrected chi connectivity index (χ2v) is 5.27. The van der Waals surface area contributed by atoms with E-state index in [0.717, 1.165) is 22.0 Å². The summed E-state index contributed by atoms with van der Waals surface area (Å²) >= 11 is 9.77. The minimum atomic E-state index is 0. The molecule has 0 bridgehead atoms. The van der Waals surface area contributed by atoms with Gasteiger partial charge in [-0.2, -0.15) is 0 Å². The van der Waals surface area contributed by atoms with Crippen LogP contribution in [-0.4, -0.2) is 22.2 Å². The van der Waals surface area contributed by atoms with E-state index in [-0.39, 0.29) is 43.0 Å². The molecule has 0 saturated heterocycles. The van der Waals surface area contributed by atoms with Crippen LogP contribution in [0, 0.1) is 0 Å². The Labute approximate surface area is 155 Å². The third-order valence-corrected chi connectivity index (χ3v) is 4.88. The van der Waals surface area contributed by atoms with Crippen LogP contribution >= 0.6 is 85.0 Å². The molecule has 9 heteroatoms. The van der Waals surface area contributed by atoms with E-state index in [2.05, 4.69) is 69.6 Å². The Bertz CT molecular complexity index is 290. The Balaban J connectivity index is -0.000000109. The average molecular weight is 527 g/mol. The minimum Gasteiger partial charge on any atom is -0.507 e. The predicted molar refractivity (Wildman–Crippen MR) is 94.9 cm³/mol. The highest BCUT2D eigenvalue weighted by molar-refractivity contribution is 9.14. The summed E-state index contributed by atoms with van der Waals surface area (Å²) in [5.41, 5.74) is 0. The first-order chi connectivity index (χ1) is 7.04. The number of hydrogen-bond donors (Lipinski definition) is 1. The maximum atomic E-state index is 9.13. The number of aromatic hydroxyl groups is 1. The minimum absolute atomic E-state index is 0. The topological polar surface area (TPSA) is 29.5 Å². The standard InChI is InChI=1S/C6H3Br3O.C3H7OSi.3ClH/c7-3-1-2-4(10)6(9)5(3)8;1-2-3-4-5;;;/h1-2,10H;2-3H2,1H3;3*1H.